The number of imidazole rings is 1. The Kier molecular flexibility index (Phi) is 6.17. The molecule has 3 aromatic heterocycles. The van der Waals surface area contributed by atoms with Gasteiger partial charge in [-0.3, -0.25) is 9.78 Å². The summed E-state index contributed by atoms with van der Waals surface area (Å²) in [6.45, 7) is 3.11. The molecular formula is C34H33N5O3. The van der Waals surface area contributed by atoms with Crippen molar-refractivity contribution in [1.82, 2.24) is 19.6 Å². The highest BCUT2D eigenvalue weighted by Gasteiger charge is 2.45. The number of methoxy groups -OCH3 is 1. The molecule has 0 N–H and O–H groups in total. The van der Waals surface area contributed by atoms with E-state index >= 15 is 0 Å². The molecule has 8 rings (SSSR count). The predicted octanol–water partition coefficient (Wildman–Crippen LogP) is 5.72. The molecule has 2 atom stereocenters. The normalized spacial score (nSPS) is 23.6. The van der Waals surface area contributed by atoms with Gasteiger partial charge in [-0.15, -0.1) is 0 Å². The summed E-state index contributed by atoms with van der Waals surface area (Å²) in [5, 5.41) is 6.00. The molecule has 8 heteroatoms. The molecule has 42 heavy (non-hydrogen) atoms. The maximum atomic E-state index is 12.0. The zero-order valence-corrected chi connectivity index (χ0v) is 23.6. The summed E-state index contributed by atoms with van der Waals surface area (Å²) in [4.78, 5) is 24.7. The highest BCUT2D eigenvalue weighted by atomic mass is 16.5. The molecular weight excluding hydrogens is 526 g/mol. The number of rotatable bonds is 6. The number of anilines is 1. The number of esters is 1. The molecule has 5 aromatic rings. The Bertz CT molecular complexity index is 1790. The molecule has 2 saturated carbocycles. The number of nitrogens with zero attached hydrogens (tertiary/aromatic N) is 5. The van der Waals surface area contributed by atoms with Gasteiger partial charge in [0, 0.05) is 41.6 Å². The van der Waals surface area contributed by atoms with Gasteiger partial charge in [0.1, 0.15) is 0 Å². The first-order valence-electron chi connectivity index (χ1n) is 14.9. The molecule has 0 unspecified atom stereocenters. The summed E-state index contributed by atoms with van der Waals surface area (Å²) in [6, 6.07) is 23.4. The molecule has 0 radical (unpaired) electrons. The van der Waals surface area contributed by atoms with Crippen LogP contribution in [0.15, 0.2) is 72.9 Å². The fraction of sp³-hybridized carbons (Fsp3) is 0.353. The second-order valence-corrected chi connectivity index (χ2v) is 11.8. The third-order valence-corrected chi connectivity index (χ3v) is 9.35. The summed E-state index contributed by atoms with van der Waals surface area (Å²) in [5.74, 6) is 0.829. The fourth-order valence-corrected chi connectivity index (χ4v) is 6.81. The van der Waals surface area contributed by atoms with Crippen molar-refractivity contribution in [3.05, 3.63) is 89.9 Å². The minimum Gasteiger partial charge on any atom is -0.469 e. The van der Waals surface area contributed by atoms with E-state index in [9.17, 15) is 4.79 Å². The smallest absolute Gasteiger partial charge is 0.309 e. The summed E-state index contributed by atoms with van der Waals surface area (Å²) in [7, 11) is 1.46. The number of morpholine rings is 1. The average Bonchev–Trinajstić information content (AvgIpc) is 3.74. The number of hydrogen-bond donors (Lipinski definition) is 0. The Morgan fingerprint density at radius 1 is 0.905 bits per heavy atom. The van der Waals surface area contributed by atoms with Crippen LogP contribution in [0.4, 0.5) is 5.69 Å². The molecule has 2 aromatic carbocycles. The summed E-state index contributed by atoms with van der Waals surface area (Å²) in [5.41, 5.74) is 8.64. The van der Waals surface area contributed by atoms with Gasteiger partial charge in [0.05, 0.1) is 55.0 Å². The van der Waals surface area contributed by atoms with Crippen LogP contribution >= 0.6 is 0 Å². The van der Waals surface area contributed by atoms with E-state index in [1.54, 1.807) is 0 Å². The van der Waals surface area contributed by atoms with Crippen LogP contribution in [-0.4, -0.2) is 59.0 Å². The van der Waals surface area contributed by atoms with Crippen LogP contribution in [0.5, 0.6) is 0 Å². The predicted molar refractivity (Wildman–Crippen MR) is 161 cm³/mol. The lowest BCUT2D eigenvalue weighted by atomic mass is 9.71. The van der Waals surface area contributed by atoms with Crippen LogP contribution < -0.4 is 4.90 Å². The Balaban J connectivity index is 1.14. The lowest BCUT2D eigenvalue weighted by molar-refractivity contribution is -0.142. The van der Waals surface area contributed by atoms with Crippen LogP contribution in [0.25, 0.3) is 27.8 Å². The van der Waals surface area contributed by atoms with Crippen LogP contribution in [0, 0.1) is 5.92 Å². The molecule has 3 aliphatic rings. The van der Waals surface area contributed by atoms with Gasteiger partial charge in [0.2, 0.25) is 0 Å². The number of para-hydroxylation sites is 1. The van der Waals surface area contributed by atoms with E-state index in [2.05, 4.69) is 71.6 Å². The SMILES string of the molecule is COC(=O)[C@H]1C[C@@H]1c1ccc(-c2c([C@H]3C[C@H](c4ccc5ccccc5n4)C3)nc3c(N4CCOCC4)ccnn23)cc1. The number of pyridine rings is 1. The Hall–Kier alpha value is -4.30. The van der Waals surface area contributed by atoms with Crippen molar-refractivity contribution in [3.8, 4) is 11.3 Å². The van der Waals surface area contributed by atoms with Gasteiger partial charge in [-0.25, -0.2) is 9.50 Å². The molecule has 1 aliphatic heterocycles. The second-order valence-electron chi connectivity index (χ2n) is 11.8. The van der Waals surface area contributed by atoms with Crippen molar-refractivity contribution in [1.29, 1.82) is 0 Å². The monoisotopic (exact) mass is 559 g/mol. The van der Waals surface area contributed by atoms with Gasteiger partial charge in [-0.2, -0.15) is 5.10 Å². The lowest BCUT2D eigenvalue weighted by Crippen LogP contribution is -2.36. The maximum absolute atomic E-state index is 12.0. The Labute approximate surface area is 244 Å². The van der Waals surface area contributed by atoms with Crippen molar-refractivity contribution in [2.45, 2.75) is 37.0 Å². The van der Waals surface area contributed by atoms with Gasteiger partial charge >= 0.3 is 5.97 Å². The zero-order chi connectivity index (χ0) is 28.2. The second kappa shape index (κ2) is 10.2. The number of hydrogen-bond acceptors (Lipinski definition) is 7. The Morgan fingerprint density at radius 3 is 2.52 bits per heavy atom. The van der Waals surface area contributed by atoms with Gasteiger partial charge in [0.25, 0.3) is 0 Å². The summed E-state index contributed by atoms with van der Waals surface area (Å²) < 4.78 is 12.6. The first-order chi connectivity index (χ1) is 20.7. The lowest BCUT2D eigenvalue weighted by Gasteiger charge is -2.34. The number of carbonyl (C=O) groups excluding carboxylic acids is 1. The van der Waals surface area contributed by atoms with E-state index in [-0.39, 0.29) is 17.8 Å². The molecule has 1 saturated heterocycles. The highest BCUT2D eigenvalue weighted by Crippen LogP contribution is 2.51. The van der Waals surface area contributed by atoms with E-state index < -0.39 is 0 Å². The molecule has 8 nitrogen and oxygen atoms in total. The molecule has 0 bridgehead atoms. The first kappa shape index (κ1) is 25.4. The highest BCUT2D eigenvalue weighted by molar-refractivity contribution is 5.79. The van der Waals surface area contributed by atoms with Crippen molar-refractivity contribution in [2.24, 2.45) is 5.92 Å². The third-order valence-electron chi connectivity index (χ3n) is 9.35. The van der Waals surface area contributed by atoms with Crippen LogP contribution in [-0.2, 0) is 14.3 Å². The number of benzene rings is 2. The van der Waals surface area contributed by atoms with Crippen LogP contribution in [0.1, 0.15) is 54.0 Å². The van der Waals surface area contributed by atoms with Gasteiger partial charge in [0.15, 0.2) is 5.65 Å². The van der Waals surface area contributed by atoms with E-state index in [0.29, 0.717) is 25.0 Å². The molecule has 0 spiro atoms. The van der Waals surface area contributed by atoms with Crippen LogP contribution in [0.3, 0.4) is 0 Å². The van der Waals surface area contributed by atoms with Crippen molar-refractivity contribution >= 4 is 28.2 Å². The number of aromatic nitrogens is 4. The number of carbonyl (C=O) groups is 1. The quantitative estimate of drug-likeness (QED) is 0.246. The molecule has 212 valence electrons. The van der Waals surface area contributed by atoms with Crippen molar-refractivity contribution in [3.63, 3.8) is 0 Å². The summed E-state index contributed by atoms with van der Waals surface area (Å²) in [6.07, 6.45) is 4.75. The molecule has 4 heterocycles. The summed E-state index contributed by atoms with van der Waals surface area (Å²) >= 11 is 0. The fourth-order valence-electron chi connectivity index (χ4n) is 6.81. The maximum Gasteiger partial charge on any atom is 0.309 e. The van der Waals surface area contributed by atoms with E-state index in [4.69, 9.17) is 24.5 Å². The number of ether oxygens (including phenoxy) is 2. The standard InChI is InChI=1S/C34H33N5O3/c1-41-34(40)27-20-26(27)21-6-8-23(9-7-21)32-31(37-33-30(12-13-35-39(32)33)38-14-16-42-17-15-38)25-18-24(19-25)29-11-10-22-4-2-3-5-28(22)36-29/h2-13,24-27H,14-20H2,1H3/t24-,25-,26-,27+/m1/s1. The Morgan fingerprint density at radius 2 is 1.71 bits per heavy atom. The van der Waals surface area contributed by atoms with E-state index in [0.717, 1.165) is 71.8 Å². The largest absolute Gasteiger partial charge is 0.469 e. The average molecular weight is 560 g/mol. The zero-order valence-electron chi connectivity index (χ0n) is 23.6. The topological polar surface area (TPSA) is 81.8 Å². The molecule has 2 aliphatic carbocycles. The van der Waals surface area contributed by atoms with E-state index in [1.807, 2.05) is 10.7 Å². The van der Waals surface area contributed by atoms with E-state index in [1.165, 1.54) is 18.1 Å². The number of fused-ring (bicyclic) bond motifs is 2. The third kappa shape index (κ3) is 4.32. The minimum atomic E-state index is -0.117. The van der Waals surface area contributed by atoms with Gasteiger partial charge in [-0.1, -0.05) is 48.5 Å². The van der Waals surface area contributed by atoms with Crippen molar-refractivity contribution < 1.29 is 14.3 Å². The van der Waals surface area contributed by atoms with Crippen LogP contribution in [0.2, 0.25) is 0 Å². The van der Waals surface area contributed by atoms with Crippen molar-refractivity contribution in [2.75, 3.05) is 38.3 Å². The molecule has 0 amide bonds. The van der Waals surface area contributed by atoms with Gasteiger partial charge < -0.3 is 14.4 Å². The molecule has 3 fully saturated rings. The van der Waals surface area contributed by atoms with Gasteiger partial charge in [-0.05, 0) is 48.9 Å². The minimum absolute atomic E-state index is 0.0272. The first-order valence-corrected chi connectivity index (χ1v) is 14.9.